The molecule has 28 heavy (non-hydrogen) atoms. The summed E-state index contributed by atoms with van der Waals surface area (Å²) in [6.45, 7) is 0. The van der Waals surface area contributed by atoms with Gasteiger partial charge >= 0.3 is 11.9 Å². The van der Waals surface area contributed by atoms with Crippen LogP contribution in [0.4, 0.5) is 19.0 Å². The molecule has 1 aromatic carbocycles. The molecule has 1 N–H and O–H groups in total. The molecule has 0 atom stereocenters. The normalized spacial score (nSPS) is 13.5. The van der Waals surface area contributed by atoms with Gasteiger partial charge in [0.2, 0.25) is 0 Å². The first-order valence-electron chi connectivity index (χ1n) is 8.55. The number of allylic oxidation sites excluding steroid dienone is 1. The van der Waals surface area contributed by atoms with Crippen molar-refractivity contribution in [3.63, 3.8) is 0 Å². The first-order chi connectivity index (χ1) is 13.3. The van der Waals surface area contributed by atoms with Crippen LogP contribution in [0.5, 0.6) is 0 Å². The number of nitrogens with zero attached hydrogens (tertiary/aromatic N) is 4. The molecule has 1 saturated carbocycles. The number of imidazole rings is 1. The fourth-order valence-corrected chi connectivity index (χ4v) is 2.93. The first-order valence-corrected chi connectivity index (χ1v) is 8.55. The van der Waals surface area contributed by atoms with Crippen LogP contribution in [-0.4, -0.2) is 33.6 Å². The second-order valence-electron chi connectivity index (χ2n) is 6.72. The van der Waals surface area contributed by atoms with Crippen molar-refractivity contribution in [2.45, 2.75) is 19.0 Å². The number of aromatic nitrogens is 4. The Morgan fingerprint density at radius 1 is 1.29 bits per heavy atom. The highest BCUT2D eigenvalue weighted by Gasteiger charge is 2.31. The van der Waals surface area contributed by atoms with Crippen LogP contribution in [0.1, 0.15) is 24.1 Å². The van der Waals surface area contributed by atoms with Gasteiger partial charge in [0.15, 0.2) is 0 Å². The monoisotopic (exact) mass is 387 g/mol. The highest BCUT2D eigenvalue weighted by molar-refractivity contribution is 5.92. The van der Waals surface area contributed by atoms with Crippen molar-refractivity contribution in [1.82, 2.24) is 19.5 Å². The van der Waals surface area contributed by atoms with Crippen molar-refractivity contribution in [2.24, 2.45) is 0 Å². The Bertz CT molecular complexity index is 1180. The van der Waals surface area contributed by atoms with E-state index in [1.807, 2.05) is 0 Å². The molecule has 1 fully saturated rings. The molecule has 144 valence electrons. The molecule has 1 aliphatic carbocycles. The van der Waals surface area contributed by atoms with E-state index in [1.165, 1.54) is 18.6 Å². The predicted molar refractivity (Wildman–Crippen MR) is 99.0 cm³/mol. The highest BCUT2D eigenvalue weighted by Crippen LogP contribution is 2.34. The summed E-state index contributed by atoms with van der Waals surface area (Å²) in [6, 6.07) is 3.30. The minimum Gasteiger partial charge on any atom is -0.362 e. The zero-order valence-corrected chi connectivity index (χ0v) is 15.1. The lowest BCUT2D eigenvalue weighted by atomic mass is 10.1. The Morgan fingerprint density at radius 2 is 2.04 bits per heavy atom. The van der Waals surface area contributed by atoms with Gasteiger partial charge in [0.1, 0.15) is 11.5 Å². The van der Waals surface area contributed by atoms with Gasteiger partial charge in [0.25, 0.3) is 0 Å². The molecule has 9 heteroatoms. The van der Waals surface area contributed by atoms with Crippen molar-refractivity contribution >= 4 is 22.4 Å². The number of rotatable bonds is 3. The number of H-pyrrole nitrogens is 1. The van der Waals surface area contributed by atoms with Gasteiger partial charge < -0.3 is 9.88 Å². The van der Waals surface area contributed by atoms with Gasteiger partial charge in [-0.2, -0.15) is 18.2 Å². The lowest BCUT2D eigenvalue weighted by Crippen LogP contribution is -2.27. The topological polar surface area (TPSA) is 66.8 Å². The average Bonchev–Trinajstić information content (AvgIpc) is 3.28. The van der Waals surface area contributed by atoms with Crippen molar-refractivity contribution in [2.75, 3.05) is 19.0 Å². The zero-order valence-electron chi connectivity index (χ0n) is 15.1. The van der Waals surface area contributed by atoms with E-state index in [4.69, 9.17) is 0 Å². The van der Waals surface area contributed by atoms with Crippen molar-refractivity contribution in [3.05, 3.63) is 63.8 Å². The second kappa shape index (κ2) is 6.38. The lowest BCUT2D eigenvalue weighted by molar-refractivity contribution is -0.137. The number of aromatic amines is 1. The fraction of sp³-hybridized carbons (Fsp3) is 0.263. The number of benzene rings is 1. The summed E-state index contributed by atoms with van der Waals surface area (Å²) in [5.41, 5.74) is 3.48. The molecule has 0 saturated heterocycles. The van der Waals surface area contributed by atoms with Gasteiger partial charge in [0.05, 0.1) is 29.3 Å². The largest absolute Gasteiger partial charge is 0.416 e. The number of alkyl halides is 3. The third-order valence-electron chi connectivity index (χ3n) is 4.40. The minimum atomic E-state index is -4.54. The Morgan fingerprint density at radius 3 is 2.61 bits per heavy atom. The quantitative estimate of drug-likeness (QED) is 0.700. The third kappa shape index (κ3) is 3.20. The van der Waals surface area contributed by atoms with Crippen LogP contribution >= 0.6 is 0 Å². The van der Waals surface area contributed by atoms with Crippen LogP contribution in [-0.2, 0) is 6.18 Å². The van der Waals surface area contributed by atoms with Crippen LogP contribution in [0.3, 0.4) is 0 Å². The number of anilines is 1. The third-order valence-corrected chi connectivity index (χ3v) is 4.40. The predicted octanol–water partition coefficient (Wildman–Crippen LogP) is 3.41. The number of nitrogens with one attached hydrogen (secondary N) is 1. The molecule has 0 unspecified atom stereocenters. The van der Waals surface area contributed by atoms with Crippen LogP contribution < -0.4 is 10.6 Å². The maximum absolute atomic E-state index is 13.3. The van der Waals surface area contributed by atoms with E-state index in [1.54, 1.807) is 19.0 Å². The van der Waals surface area contributed by atoms with E-state index in [0.717, 1.165) is 35.1 Å². The molecule has 0 radical (unpaired) electrons. The molecule has 2 heterocycles. The minimum absolute atomic E-state index is 0.108. The molecule has 0 aliphatic heterocycles. The van der Waals surface area contributed by atoms with Gasteiger partial charge in [-0.15, -0.1) is 0 Å². The van der Waals surface area contributed by atoms with Crippen LogP contribution in [0.15, 0.2) is 46.8 Å². The summed E-state index contributed by atoms with van der Waals surface area (Å²) in [5.74, 6) is 0.299. The van der Waals surface area contributed by atoms with E-state index in [9.17, 15) is 18.0 Å². The van der Waals surface area contributed by atoms with E-state index < -0.39 is 17.4 Å². The smallest absolute Gasteiger partial charge is 0.362 e. The summed E-state index contributed by atoms with van der Waals surface area (Å²) >= 11 is 0. The zero-order chi connectivity index (χ0) is 20.1. The number of hydrogen-bond acceptors (Lipinski definition) is 4. The summed E-state index contributed by atoms with van der Waals surface area (Å²) in [7, 11) is 3.36. The van der Waals surface area contributed by atoms with Crippen molar-refractivity contribution in [1.29, 1.82) is 0 Å². The highest BCUT2D eigenvalue weighted by atomic mass is 19.4. The van der Waals surface area contributed by atoms with Gasteiger partial charge in [-0.25, -0.2) is 9.78 Å². The Kier molecular flexibility index (Phi) is 4.12. The SMILES string of the molecule is CN(C)c1nc(=O)n(C(=C=C2CC2)c2cnc[nH]2)c2cc(C(F)(F)F)ccc12. The molecular weight excluding hydrogens is 371 g/mol. The summed E-state index contributed by atoms with van der Waals surface area (Å²) in [5, 5.41) is 0.428. The number of hydrogen-bond donors (Lipinski definition) is 1. The molecule has 2 aromatic heterocycles. The second-order valence-corrected chi connectivity index (χ2v) is 6.72. The average molecular weight is 387 g/mol. The molecule has 3 aromatic rings. The Balaban J connectivity index is 2.13. The molecule has 0 spiro atoms. The Hall–Kier alpha value is -3.32. The molecule has 0 bridgehead atoms. The van der Waals surface area contributed by atoms with E-state index in [0.29, 0.717) is 22.6 Å². The fourth-order valence-electron chi connectivity index (χ4n) is 2.93. The van der Waals surface area contributed by atoms with Crippen LogP contribution in [0, 0.1) is 0 Å². The summed E-state index contributed by atoms with van der Waals surface area (Å²) in [6.07, 6.45) is 0.0632. The Labute approximate surface area is 157 Å². The number of fused-ring (bicyclic) bond motifs is 1. The van der Waals surface area contributed by atoms with E-state index >= 15 is 0 Å². The van der Waals surface area contributed by atoms with Gasteiger partial charge in [-0.05, 0) is 36.6 Å². The summed E-state index contributed by atoms with van der Waals surface area (Å²) in [4.78, 5) is 25.5. The molecular formula is C19H16F3N5O. The molecule has 1 aliphatic rings. The van der Waals surface area contributed by atoms with E-state index in [2.05, 4.69) is 20.7 Å². The maximum atomic E-state index is 13.3. The van der Waals surface area contributed by atoms with Gasteiger partial charge in [-0.1, -0.05) is 5.73 Å². The van der Waals surface area contributed by atoms with Crippen LogP contribution in [0.25, 0.3) is 16.6 Å². The molecule has 4 rings (SSSR count). The van der Waals surface area contributed by atoms with Crippen molar-refractivity contribution < 1.29 is 13.2 Å². The summed E-state index contributed by atoms with van der Waals surface area (Å²) < 4.78 is 41.2. The van der Waals surface area contributed by atoms with Crippen molar-refractivity contribution in [3.8, 4) is 0 Å². The number of halogens is 3. The lowest BCUT2D eigenvalue weighted by Gasteiger charge is -2.18. The van der Waals surface area contributed by atoms with Gasteiger partial charge in [-0.3, -0.25) is 4.57 Å². The van der Waals surface area contributed by atoms with Crippen LogP contribution in [0.2, 0.25) is 0 Å². The first kappa shape index (κ1) is 18.1. The molecule has 0 amide bonds. The van der Waals surface area contributed by atoms with Gasteiger partial charge in [0, 0.05) is 19.5 Å². The standard InChI is InChI=1S/C19H16F3N5O/c1-26(2)17-13-6-5-12(19(20,21)22)8-15(13)27(18(28)25-17)16(7-11-3-4-11)14-9-23-10-24-14/h5-6,8-10H,3-4H2,1-2H3,(H,23,24). The maximum Gasteiger partial charge on any atom is 0.416 e. The van der Waals surface area contributed by atoms with E-state index in [-0.39, 0.29) is 5.52 Å². The molecule has 6 nitrogen and oxygen atoms in total.